The van der Waals surface area contributed by atoms with Crippen molar-refractivity contribution in [1.29, 1.82) is 0 Å². The Labute approximate surface area is 160 Å². The maximum Gasteiger partial charge on any atom is 0.254 e. The highest BCUT2D eigenvalue weighted by Crippen LogP contribution is 2.23. The van der Waals surface area contributed by atoms with Crippen LogP contribution in [0.15, 0.2) is 54.6 Å². The Kier molecular flexibility index (Phi) is 5.35. The summed E-state index contributed by atoms with van der Waals surface area (Å²) in [5.41, 5.74) is 1.96. The molecule has 1 amide bonds. The van der Waals surface area contributed by atoms with Gasteiger partial charge < -0.3 is 9.80 Å². The summed E-state index contributed by atoms with van der Waals surface area (Å²) in [4.78, 5) is 30.1. The van der Waals surface area contributed by atoms with Gasteiger partial charge in [-0.3, -0.25) is 9.59 Å². The van der Waals surface area contributed by atoms with E-state index in [-0.39, 0.29) is 11.7 Å². The molecule has 2 saturated heterocycles. The molecular weight excluding hydrogens is 336 g/mol. The van der Waals surface area contributed by atoms with Crippen LogP contribution in [0, 0.1) is 0 Å². The molecule has 2 aliphatic rings. The van der Waals surface area contributed by atoms with E-state index in [1.165, 1.54) is 12.8 Å². The predicted octanol–water partition coefficient (Wildman–Crippen LogP) is 3.62. The van der Waals surface area contributed by atoms with Crippen molar-refractivity contribution in [3.63, 3.8) is 0 Å². The first-order chi connectivity index (χ1) is 13.2. The van der Waals surface area contributed by atoms with E-state index in [1.807, 2.05) is 35.2 Å². The monoisotopic (exact) mass is 362 g/mol. The largest absolute Gasteiger partial charge is 0.334 e. The highest BCUT2D eigenvalue weighted by Gasteiger charge is 2.31. The quantitative estimate of drug-likeness (QED) is 0.763. The number of likely N-dealkylation sites (tertiary alicyclic amines) is 2. The van der Waals surface area contributed by atoms with E-state index in [2.05, 4.69) is 4.90 Å². The van der Waals surface area contributed by atoms with E-state index in [4.69, 9.17) is 0 Å². The Hall–Kier alpha value is -2.46. The molecule has 0 saturated carbocycles. The Bertz CT molecular complexity index is 795. The average molecular weight is 362 g/mol. The van der Waals surface area contributed by atoms with Gasteiger partial charge in [-0.2, -0.15) is 0 Å². The standard InChI is InChI=1S/C23H26N2O2/c26-22(18-7-2-1-3-8-18)19-10-12-20(13-11-19)23(27)25-16-6-9-21(25)17-24-14-4-5-15-24/h1-3,7-8,10-13,21H,4-6,9,14-17H2/t21-/m0/s1. The van der Waals surface area contributed by atoms with E-state index in [0.717, 1.165) is 39.0 Å². The molecule has 1 atom stereocenters. The summed E-state index contributed by atoms with van der Waals surface area (Å²) in [6, 6.07) is 16.7. The molecule has 0 aliphatic carbocycles. The van der Waals surface area contributed by atoms with Crippen molar-refractivity contribution >= 4 is 11.7 Å². The summed E-state index contributed by atoms with van der Waals surface area (Å²) in [5.74, 6) is 0.0816. The van der Waals surface area contributed by atoms with E-state index in [0.29, 0.717) is 22.7 Å². The fourth-order valence-electron chi connectivity index (χ4n) is 4.24. The van der Waals surface area contributed by atoms with E-state index < -0.39 is 0 Å². The molecule has 0 radical (unpaired) electrons. The smallest absolute Gasteiger partial charge is 0.254 e. The summed E-state index contributed by atoms with van der Waals surface area (Å²) < 4.78 is 0. The van der Waals surface area contributed by atoms with Crippen LogP contribution in [0.1, 0.15) is 52.0 Å². The molecule has 4 rings (SSSR count). The van der Waals surface area contributed by atoms with Crippen LogP contribution in [0.4, 0.5) is 0 Å². The second-order valence-electron chi connectivity index (χ2n) is 7.57. The summed E-state index contributed by atoms with van der Waals surface area (Å²) in [6.45, 7) is 4.15. The third-order valence-electron chi connectivity index (χ3n) is 5.74. The minimum absolute atomic E-state index is 0.0114. The molecule has 27 heavy (non-hydrogen) atoms. The zero-order chi connectivity index (χ0) is 18.6. The number of nitrogens with zero attached hydrogens (tertiary/aromatic N) is 2. The lowest BCUT2D eigenvalue weighted by Crippen LogP contribution is -2.42. The first-order valence-electron chi connectivity index (χ1n) is 9.95. The highest BCUT2D eigenvalue weighted by molar-refractivity contribution is 6.09. The number of amides is 1. The Morgan fingerprint density at radius 3 is 2.11 bits per heavy atom. The Balaban J connectivity index is 1.45. The molecule has 4 nitrogen and oxygen atoms in total. The average Bonchev–Trinajstić information content (AvgIpc) is 3.40. The summed E-state index contributed by atoms with van der Waals surface area (Å²) in [5, 5.41) is 0. The highest BCUT2D eigenvalue weighted by atomic mass is 16.2. The van der Waals surface area contributed by atoms with Crippen LogP contribution in [-0.2, 0) is 0 Å². The lowest BCUT2D eigenvalue weighted by atomic mass is 10.0. The number of rotatable bonds is 5. The maximum absolute atomic E-state index is 13.0. The molecule has 4 heteroatoms. The van der Waals surface area contributed by atoms with Crippen molar-refractivity contribution in [2.45, 2.75) is 31.7 Å². The first kappa shape index (κ1) is 17.9. The molecule has 0 unspecified atom stereocenters. The third-order valence-corrected chi connectivity index (χ3v) is 5.74. The first-order valence-corrected chi connectivity index (χ1v) is 9.95. The van der Waals surface area contributed by atoms with Crippen molar-refractivity contribution in [2.75, 3.05) is 26.2 Å². The van der Waals surface area contributed by atoms with Gasteiger partial charge in [-0.1, -0.05) is 42.5 Å². The molecule has 0 aromatic heterocycles. The zero-order valence-electron chi connectivity index (χ0n) is 15.6. The minimum Gasteiger partial charge on any atom is -0.334 e. The third kappa shape index (κ3) is 3.96. The fraction of sp³-hybridized carbons (Fsp3) is 0.391. The van der Waals surface area contributed by atoms with Gasteiger partial charge in [0.15, 0.2) is 5.78 Å². The Morgan fingerprint density at radius 2 is 1.41 bits per heavy atom. The van der Waals surface area contributed by atoms with Crippen molar-refractivity contribution in [3.8, 4) is 0 Å². The van der Waals surface area contributed by atoms with Crippen LogP contribution < -0.4 is 0 Å². The van der Waals surface area contributed by atoms with Crippen molar-refractivity contribution < 1.29 is 9.59 Å². The van der Waals surface area contributed by atoms with Gasteiger partial charge in [-0.15, -0.1) is 0 Å². The number of ketones is 1. The van der Waals surface area contributed by atoms with Gasteiger partial charge in [0.2, 0.25) is 0 Å². The molecule has 2 aromatic carbocycles. The molecule has 0 spiro atoms. The molecule has 2 aromatic rings. The zero-order valence-corrected chi connectivity index (χ0v) is 15.6. The van der Waals surface area contributed by atoms with Crippen molar-refractivity contribution in [3.05, 3.63) is 71.3 Å². The number of carbonyl (C=O) groups is 2. The predicted molar refractivity (Wildman–Crippen MR) is 106 cm³/mol. The Morgan fingerprint density at radius 1 is 0.778 bits per heavy atom. The normalized spacial score (nSPS) is 20.1. The molecule has 2 fully saturated rings. The van der Waals surface area contributed by atoms with Gasteiger partial charge in [0.1, 0.15) is 0 Å². The number of benzene rings is 2. The van der Waals surface area contributed by atoms with E-state index in [1.54, 1.807) is 24.3 Å². The van der Waals surface area contributed by atoms with Crippen LogP contribution >= 0.6 is 0 Å². The van der Waals surface area contributed by atoms with Crippen LogP contribution in [0.3, 0.4) is 0 Å². The number of carbonyl (C=O) groups excluding carboxylic acids is 2. The lowest BCUT2D eigenvalue weighted by molar-refractivity contribution is 0.0708. The van der Waals surface area contributed by atoms with Gasteiger partial charge in [-0.25, -0.2) is 0 Å². The minimum atomic E-state index is -0.0114. The molecule has 140 valence electrons. The van der Waals surface area contributed by atoms with Gasteiger partial charge in [0.05, 0.1) is 0 Å². The van der Waals surface area contributed by atoms with Crippen LogP contribution in [0.2, 0.25) is 0 Å². The molecule has 0 bridgehead atoms. The maximum atomic E-state index is 13.0. The molecule has 0 N–H and O–H groups in total. The second-order valence-corrected chi connectivity index (χ2v) is 7.57. The van der Waals surface area contributed by atoms with E-state index in [9.17, 15) is 9.59 Å². The van der Waals surface area contributed by atoms with Gasteiger partial charge >= 0.3 is 0 Å². The summed E-state index contributed by atoms with van der Waals surface area (Å²) in [6.07, 6.45) is 4.72. The molecule has 2 heterocycles. The molecular formula is C23H26N2O2. The second kappa shape index (κ2) is 8.05. The number of hydrogen-bond donors (Lipinski definition) is 0. The van der Waals surface area contributed by atoms with Crippen molar-refractivity contribution in [2.24, 2.45) is 0 Å². The van der Waals surface area contributed by atoms with Crippen LogP contribution in [0.5, 0.6) is 0 Å². The SMILES string of the molecule is O=C(c1ccccc1)c1ccc(C(=O)N2CCC[C@H]2CN2CCCC2)cc1. The van der Waals surface area contributed by atoms with Gasteiger partial charge in [-0.05, 0) is 50.9 Å². The molecule has 2 aliphatic heterocycles. The fourth-order valence-corrected chi connectivity index (χ4v) is 4.24. The van der Waals surface area contributed by atoms with E-state index >= 15 is 0 Å². The lowest BCUT2D eigenvalue weighted by Gasteiger charge is -2.28. The van der Waals surface area contributed by atoms with Crippen LogP contribution in [0.25, 0.3) is 0 Å². The van der Waals surface area contributed by atoms with Crippen LogP contribution in [-0.4, -0.2) is 53.7 Å². The topological polar surface area (TPSA) is 40.6 Å². The van der Waals surface area contributed by atoms with Crippen molar-refractivity contribution in [1.82, 2.24) is 9.80 Å². The number of hydrogen-bond acceptors (Lipinski definition) is 3. The summed E-state index contributed by atoms with van der Waals surface area (Å²) in [7, 11) is 0. The van der Waals surface area contributed by atoms with Gasteiger partial charge in [0.25, 0.3) is 5.91 Å². The summed E-state index contributed by atoms with van der Waals surface area (Å²) >= 11 is 0. The van der Waals surface area contributed by atoms with Gasteiger partial charge in [0, 0.05) is 35.8 Å².